The minimum Gasteiger partial charge on any atom is -0.377 e. The van der Waals surface area contributed by atoms with Gasteiger partial charge in [0.05, 0.1) is 13.1 Å². The molecule has 0 saturated carbocycles. The van der Waals surface area contributed by atoms with Crippen molar-refractivity contribution in [3.8, 4) is 0 Å². The molecule has 2 N–H and O–H groups in total. The van der Waals surface area contributed by atoms with Gasteiger partial charge in [-0.15, -0.1) is 0 Å². The second-order valence-corrected chi connectivity index (χ2v) is 6.72. The van der Waals surface area contributed by atoms with Gasteiger partial charge in [-0.3, -0.25) is 0 Å². The van der Waals surface area contributed by atoms with Gasteiger partial charge >= 0.3 is 0 Å². The monoisotopic (exact) mass is 374 g/mol. The molecule has 0 saturated heterocycles. The summed E-state index contributed by atoms with van der Waals surface area (Å²) in [7, 11) is 1.64. The van der Waals surface area contributed by atoms with Crippen LogP contribution in [-0.2, 0) is 30.9 Å². The highest BCUT2D eigenvalue weighted by atomic mass is 19.1. The first-order valence-electron chi connectivity index (χ1n) is 9.30. The van der Waals surface area contributed by atoms with Gasteiger partial charge in [0.2, 0.25) is 0 Å². The molecule has 27 heavy (non-hydrogen) atoms. The van der Waals surface area contributed by atoms with Crippen molar-refractivity contribution in [2.24, 2.45) is 4.99 Å². The zero-order valence-electron chi connectivity index (χ0n) is 16.1. The van der Waals surface area contributed by atoms with Crippen molar-refractivity contribution in [1.82, 2.24) is 25.4 Å². The highest BCUT2D eigenvalue weighted by molar-refractivity contribution is 5.80. The van der Waals surface area contributed by atoms with Gasteiger partial charge in [-0.25, -0.2) is 19.0 Å². The van der Waals surface area contributed by atoms with E-state index < -0.39 is 0 Å². The molecule has 1 unspecified atom stereocenters. The van der Waals surface area contributed by atoms with Crippen LogP contribution in [-0.4, -0.2) is 40.4 Å². The van der Waals surface area contributed by atoms with Gasteiger partial charge in [0.25, 0.3) is 0 Å². The molecule has 0 radical (unpaired) electrons. The van der Waals surface area contributed by atoms with E-state index >= 15 is 0 Å². The van der Waals surface area contributed by atoms with Crippen LogP contribution in [0.1, 0.15) is 36.1 Å². The third-order valence-corrected chi connectivity index (χ3v) is 4.50. The summed E-state index contributed by atoms with van der Waals surface area (Å²) in [4.78, 5) is 9.15. The molecular formula is C19H27FN6O. The molecule has 1 aliphatic heterocycles. The third kappa shape index (κ3) is 5.03. The van der Waals surface area contributed by atoms with Gasteiger partial charge in [0.1, 0.15) is 18.2 Å². The highest BCUT2D eigenvalue weighted by Crippen LogP contribution is 2.14. The third-order valence-electron chi connectivity index (χ3n) is 4.50. The second kappa shape index (κ2) is 8.94. The molecule has 0 spiro atoms. The van der Waals surface area contributed by atoms with Crippen molar-refractivity contribution in [1.29, 1.82) is 0 Å². The summed E-state index contributed by atoms with van der Waals surface area (Å²) in [6, 6.07) is 5.32. The van der Waals surface area contributed by atoms with Crippen molar-refractivity contribution in [3.05, 3.63) is 46.8 Å². The number of aromatic nitrogens is 3. The lowest BCUT2D eigenvalue weighted by molar-refractivity contribution is 0.177. The molecule has 0 fully saturated rings. The molecule has 1 aromatic carbocycles. The summed E-state index contributed by atoms with van der Waals surface area (Å²) in [6.07, 6.45) is 1.83. The predicted octanol–water partition coefficient (Wildman–Crippen LogP) is 1.94. The number of guanidine groups is 1. The zero-order valence-corrected chi connectivity index (χ0v) is 16.1. The highest BCUT2D eigenvalue weighted by Gasteiger charge is 2.22. The van der Waals surface area contributed by atoms with Crippen LogP contribution < -0.4 is 10.6 Å². The SMILES string of the molecule is CCNC(=NCc1ccc(F)c(C)c1)NC1CCc2nc(COC)nn2C1. The van der Waals surface area contributed by atoms with Gasteiger partial charge in [0, 0.05) is 26.1 Å². The molecule has 0 bridgehead atoms. The maximum atomic E-state index is 13.4. The Hall–Kier alpha value is -2.48. The largest absolute Gasteiger partial charge is 0.377 e. The average Bonchev–Trinajstić information content (AvgIpc) is 3.04. The van der Waals surface area contributed by atoms with Crippen LogP contribution in [0.5, 0.6) is 0 Å². The van der Waals surface area contributed by atoms with Crippen LogP contribution in [0.15, 0.2) is 23.2 Å². The number of nitrogens with one attached hydrogen (secondary N) is 2. The number of ether oxygens (including phenoxy) is 1. The van der Waals surface area contributed by atoms with Crippen LogP contribution in [0.3, 0.4) is 0 Å². The van der Waals surface area contributed by atoms with E-state index in [1.807, 2.05) is 17.7 Å². The normalized spacial score (nSPS) is 16.9. The number of hydrogen-bond donors (Lipinski definition) is 2. The Morgan fingerprint density at radius 2 is 2.30 bits per heavy atom. The lowest BCUT2D eigenvalue weighted by Crippen LogP contribution is -2.47. The lowest BCUT2D eigenvalue weighted by Gasteiger charge is -2.25. The molecule has 1 aliphatic rings. The fraction of sp³-hybridized carbons (Fsp3) is 0.526. The number of nitrogens with zero attached hydrogens (tertiary/aromatic N) is 4. The Morgan fingerprint density at radius 3 is 3.04 bits per heavy atom. The first-order valence-corrected chi connectivity index (χ1v) is 9.30. The van der Waals surface area contributed by atoms with Gasteiger partial charge in [-0.2, -0.15) is 5.10 Å². The number of hydrogen-bond acceptors (Lipinski definition) is 4. The van der Waals surface area contributed by atoms with E-state index in [0.717, 1.165) is 49.1 Å². The lowest BCUT2D eigenvalue weighted by atomic mass is 10.1. The molecular weight excluding hydrogens is 347 g/mol. The first-order chi connectivity index (χ1) is 13.1. The maximum absolute atomic E-state index is 13.4. The molecule has 7 nitrogen and oxygen atoms in total. The molecule has 0 aliphatic carbocycles. The maximum Gasteiger partial charge on any atom is 0.191 e. The number of halogens is 1. The van der Waals surface area contributed by atoms with Crippen molar-refractivity contribution in [2.45, 2.75) is 52.4 Å². The average molecular weight is 374 g/mol. The Kier molecular flexibility index (Phi) is 6.39. The van der Waals surface area contributed by atoms with Crippen LogP contribution in [0.2, 0.25) is 0 Å². The fourth-order valence-corrected chi connectivity index (χ4v) is 3.16. The van der Waals surface area contributed by atoms with Gasteiger partial charge in [-0.05, 0) is 37.5 Å². The second-order valence-electron chi connectivity index (χ2n) is 6.72. The first kappa shape index (κ1) is 19.3. The number of aliphatic imine (C=N–C) groups is 1. The van der Waals surface area contributed by atoms with E-state index in [-0.39, 0.29) is 11.9 Å². The van der Waals surface area contributed by atoms with E-state index in [9.17, 15) is 4.39 Å². The summed E-state index contributed by atoms with van der Waals surface area (Å²) in [5, 5.41) is 11.3. The molecule has 2 aromatic rings. The molecule has 1 atom stereocenters. The molecule has 0 amide bonds. The standard InChI is InChI=1S/C19H27FN6O/c1-4-21-19(22-10-14-5-7-16(20)13(2)9-14)23-15-6-8-18-24-17(12-27-3)25-26(18)11-15/h5,7,9,15H,4,6,8,10-12H2,1-3H3,(H2,21,22,23). The van der Waals surface area contributed by atoms with E-state index in [4.69, 9.17) is 4.74 Å². The minimum absolute atomic E-state index is 0.188. The molecule has 2 heterocycles. The summed E-state index contributed by atoms with van der Waals surface area (Å²) in [5.41, 5.74) is 1.62. The smallest absolute Gasteiger partial charge is 0.191 e. The van der Waals surface area contributed by atoms with Crippen LogP contribution in [0.25, 0.3) is 0 Å². The van der Waals surface area contributed by atoms with Crippen LogP contribution in [0, 0.1) is 12.7 Å². The Bertz CT molecular complexity index is 803. The Morgan fingerprint density at radius 1 is 1.44 bits per heavy atom. The van der Waals surface area contributed by atoms with Crippen molar-refractivity contribution < 1.29 is 9.13 Å². The molecule has 3 rings (SSSR count). The Labute approximate surface area is 159 Å². The van der Waals surface area contributed by atoms with Crippen LogP contribution >= 0.6 is 0 Å². The van der Waals surface area contributed by atoms with Gasteiger partial charge in [-0.1, -0.05) is 12.1 Å². The van der Waals surface area contributed by atoms with E-state index in [2.05, 4.69) is 25.7 Å². The van der Waals surface area contributed by atoms with Crippen molar-refractivity contribution in [3.63, 3.8) is 0 Å². The Balaban J connectivity index is 1.64. The molecule has 1 aromatic heterocycles. The number of methoxy groups -OCH3 is 1. The van der Waals surface area contributed by atoms with Crippen molar-refractivity contribution >= 4 is 5.96 Å². The molecule has 8 heteroatoms. The van der Waals surface area contributed by atoms with Gasteiger partial charge in [0.15, 0.2) is 11.8 Å². The number of aryl methyl sites for hydroxylation is 2. The van der Waals surface area contributed by atoms with E-state index in [1.54, 1.807) is 20.1 Å². The van der Waals surface area contributed by atoms with Crippen LogP contribution in [0.4, 0.5) is 4.39 Å². The molecule has 146 valence electrons. The topological polar surface area (TPSA) is 76.4 Å². The summed E-state index contributed by atoms with van der Waals surface area (Å²) >= 11 is 0. The quantitative estimate of drug-likeness (QED) is 0.597. The van der Waals surface area contributed by atoms with E-state index in [1.165, 1.54) is 6.07 Å². The van der Waals surface area contributed by atoms with Crippen molar-refractivity contribution in [2.75, 3.05) is 13.7 Å². The minimum atomic E-state index is -0.188. The summed E-state index contributed by atoms with van der Waals surface area (Å²) in [6.45, 7) is 6.24. The zero-order chi connectivity index (χ0) is 19.2. The number of benzene rings is 1. The van der Waals surface area contributed by atoms with Gasteiger partial charge < -0.3 is 15.4 Å². The summed E-state index contributed by atoms with van der Waals surface area (Å²) < 4.78 is 20.5. The number of fused-ring (bicyclic) bond motifs is 1. The van der Waals surface area contributed by atoms with E-state index in [0.29, 0.717) is 18.7 Å². The summed E-state index contributed by atoms with van der Waals surface area (Å²) in [5.74, 6) is 2.29. The number of rotatable bonds is 6. The predicted molar refractivity (Wildman–Crippen MR) is 102 cm³/mol. The fourth-order valence-electron chi connectivity index (χ4n) is 3.16.